The predicted molar refractivity (Wildman–Crippen MR) is 213 cm³/mol. The zero-order chi connectivity index (χ0) is 36.5. The Morgan fingerprint density at radius 1 is 0.927 bits per heavy atom. The number of aromatic amines is 1. The van der Waals surface area contributed by atoms with Crippen LogP contribution in [0.5, 0.6) is 5.75 Å². The number of aromatic hydroxyl groups is 1. The number of H-pyrrole nitrogens is 1. The van der Waals surface area contributed by atoms with E-state index in [-0.39, 0.29) is 26.8 Å². The van der Waals surface area contributed by atoms with Crippen molar-refractivity contribution >= 4 is 33.6 Å². The first-order valence-corrected chi connectivity index (χ1v) is 18.6. The number of carboxylic acid groups (broad SMARTS) is 1. The molecule has 0 spiro atoms. The summed E-state index contributed by atoms with van der Waals surface area (Å²) in [5, 5.41) is 36.8. The molecule has 55 heavy (non-hydrogen) atoms. The smallest absolute Gasteiger partial charge is 0.412 e. The van der Waals surface area contributed by atoms with Crippen LogP contribution >= 0.6 is 0 Å². The molecule has 5 N–H and O–H groups in total. The van der Waals surface area contributed by atoms with Gasteiger partial charge in [-0.15, -0.1) is 0 Å². The van der Waals surface area contributed by atoms with Crippen molar-refractivity contribution in [1.29, 1.82) is 0 Å². The lowest BCUT2D eigenvalue weighted by Gasteiger charge is -2.48. The van der Waals surface area contributed by atoms with Crippen molar-refractivity contribution in [3.63, 3.8) is 0 Å². The lowest BCUT2D eigenvalue weighted by atomic mass is 9.82. The fourth-order valence-electron chi connectivity index (χ4n) is 8.46. The number of aromatic nitrogens is 2. The van der Waals surface area contributed by atoms with Crippen molar-refractivity contribution in [2.24, 2.45) is 5.92 Å². The van der Waals surface area contributed by atoms with E-state index in [0.29, 0.717) is 35.5 Å². The minimum absolute atomic E-state index is 0. The highest BCUT2D eigenvalue weighted by Gasteiger charge is 2.40. The number of aryl methyl sites for hydroxylation is 2. The van der Waals surface area contributed by atoms with Gasteiger partial charge in [-0.05, 0) is 109 Å². The van der Waals surface area contributed by atoms with E-state index in [4.69, 9.17) is 0 Å². The molecule has 0 radical (unpaired) electrons. The summed E-state index contributed by atoms with van der Waals surface area (Å²) in [6.07, 6.45) is 4.23. The van der Waals surface area contributed by atoms with Gasteiger partial charge < -0.3 is 35.1 Å². The van der Waals surface area contributed by atoms with Crippen molar-refractivity contribution in [2.45, 2.75) is 50.9 Å². The van der Waals surface area contributed by atoms with E-state index < -0.39 is 12.2 Å². The summed E-state index contributed by atoms with van der Waals surface area (Å²) >= 11 is 0. The van der Waals surface area contributed by atoms with E-state index in [1.165, 1.54) is 12.1 Å². The lowest BCUT2D eigenvalue weighted by Crippen LogP contribution is -2.59. The minimum atomic E-state index is -0.882. The molecule has 12 heteroatoms. The van der Waals surface area contributed by atoms with Crippen molar-refractivity contribution in [1.82, 2.24) is 19.8 Å². The first kappa shape index (κ1) is 39.1. The molecule has 288 valence electrons. The third-order valence-electron chi connectivity index (χ3n) is 11.2. The zero-order valence-electron chi connectivity index (χ0n) is 30.4. The molecule has 9 rings (SSSR count). The standard InChI is InChI=1S/C43H45N5O5.2FH/c49-39-14-11-34(35-12-15-41(51)45-42(35)39)40(50)26-44-25-29-9-13-36-32(23-29)18-22-47(36)19-4-5-28-8-10-33(30-6-2-1-3-7-30)37(24-28)48(43(52)53)38-27-46-20-16-31(38)17-21-46;;/h1-3,6-15,18,22-24,31,38,40,44,49-50H,4-5,16-17,19-21,25-27H2,(H,45,51)(H,52,53);2*1H/t38-,40-;;/m0../s1. The van der Waals surface area contributed by atoms with Gasteiger partial charge in [-0.25, -0.2) is 4.79 Å². The Balaban J connectivity index is 0.00000257. The Morgan fingerprint density at radius 3 is 2.45 bits per heavy atom. The summed E-state index contributed by atoms with van der Waals surface area (Å²) in [4.78, 5) is 31.5. The summed E-state index contributed by atoms with van der Waals surface area (Å²) in [6.45, 7) is 4.60. The van der Waals surface area contributed by atoms with Gasteiger partial charge >= 0.3 is 6.09 Å². The van der Waals surface area contributed by atoms with Crippen LogP contribution in [0.2, 0.25) is 0 Å². The number of nitrogens with zero attached hydrogens (tertiary/aromatic N) is 3. The number of aliphatic hydroxyl groups excluding tert-OH is 1. The Kier molecular flexibility index (Phi) is 12.0. The molecule has 0 saturated carbocycles. The molecule has 3 aliphatic rings. The number of carbonyl (C=O) groups is 1. The van der Waals surface area contributed by atoms with Crippen LogP contribution in [0.1, 0.15) is 42.1 Å². The van der Waals surface area contributed by atoms with Crippen LogP contribution in [0.15, 0.2) is 108 Å². The van der Waals surface area contributed by atoms with Crippen LogP contribution in [0.3, 0.4) is 0 Å². The number of fused-ring (bicyclic) bond motifs is 5. The van der Waals surface area contributed by atoms with E-state index in [1.807, 2.05) is 18.2 Å². The second kappa shape index (κ2) is 16.8. The third-order valence-corrected chi connectivity index (χ3v) is 11.2. The third kappa shape index (κ3) is 8.12. The van der Waals surface area contributed by atoms with Crippen molar-refractivity contribution in [3.05, 3.63) is 130 Å². The molecular formula is C43H47F2N5O5. The number of phenols is 1. The topological polar surface area (TPSA) is 134 Å². The molecule has 1 amide bonds. The van der Waals surface area contributed by atoms with E-state index in [0.717, 1.165) is 90.7 Å². The zero-order valence-corrected chi connectivity index (χ0v) is 30.4. The van der Waals surface area contributed by atoms with Gasteiger partial charge in [0, 0.05) is 54.9 Å². The van der Waals surface area contributed by atoms with E-state index in [2.05, 4.69) is 80.6 Å². The SMILES string of the molecule is F.F.O=C(O)N(c1cc(CCCn2ccc3cc(CNC[C@H](O)c4ccc(O)c5[nH]c(=O)ccc45)ccc32)ccc1-c1ccccc1)[C@H]1CN2CCC1CC2. The number of phenolic OH excluding ortho intramolecular Hbond substituents is 1. The largest absolute Gasteiger partial charge is 0.506 e. The van der Waals surface area contributed by atoms with Crippen LogP contribution in [0.4, 0.5) is 19.9 Å². The van der Waals surface area contributed by atoms with Gasteiger partial charge in [0.15, 0.2) is 0 Å². The van der Waals surface area contributed by atoms with E-state index in [1.54, 1.807) is 17.0 Å². The Bertz CT molecular complexity index is 2320. The lowest BCUT2D eigenvalue weighted by molar-refractivity contribution is 0.0837. The number of halogens is 2. The molecule has 0 aliphatic carbocycles. The molecule has 6 aromatic rings. The number of rotatable bonds is 12. The highest BCUT2D eigenvalue weighted by molar-refractivity contribution is 5.94. The maximum Gasteiger partial charge on any atom is 0.412 e. The van der Waals surface area contributed by atoms with Gasteiger partial charge in [0.2, 0.25) is 5.56 Å². The van der Waals surface area contributed by atoms with E-state index >= 15 is 0 Å². The summed E-state index contributed by atoms with van der Waals surface area (Å²) in [7, 11) is 0. The molecule has 4 aromatic carbocycles. The predicted octanol–water partition coefficient (Wildman–Crippen LogP) is 7.20. The number of piperidine rings is 3. The molecule has 2 aromatic heterocycles. The quantitative estimate of drug-likeness (QED) is 0.0894. The minimum Gasteiger partial charge on any atom is -0.506 e. The van der Waals surface area contributed by atoms with Crippen LogP contribution in [0.25, 0.3) is 32.9 Å². The van der Waals surface area contributed by atoms with Gasteiger partial charge in [0.25, 0.3) is 0 Å². The van der Waals surface area contributed by atoms with Crippen LogP contribution < -0.4 is 15.8 Å². The molecule has 3 fully saturated rings. The van der Waals surface area contributed by atoms with Crippen molar-refractivity contribution in [3.8, 4) is 16.9 Å². The molecule has 0 unspecified atom stereocenters. The number of pyridine rings is 1. The van der Waals surface area contributed by atoms with Gasteiger partial charge in [-0.3, -0.25) is 19.1 Å². The summed E-state index contributed by atoms with van der Waals surface area (Å²) < 4.78 is 2.27. The molecular weight excluding hydrogens is 704 g/mol. The summed E-state index contributed by atoms with van der Waals surface area (Å²) in [5.74, 6) is 0.351. The number of aliphatic hydroxyl groups is 1. The molecule has 3 saturated heterocycles. The Morgan fingerprint density at radius 2 is 1.71 bits per heavy atom. The van der Waals surface area contributed by atoms with Gasteiger partial charge in [-0.1, -0.05) is 54.6 Å². The Hall–Kier alpha value is -5.56. The average molecular weight is 752 g/mol. The number of amides is 1. The normalized spacial score (nSPS) is 18.1. The maximum absolute atomic E-state index is 13.0. The Labute approximate surface area is 317 Å². The number of anilines is 1. The number of hydrogen-bond donors (Lipinski definition) is 5. The summed E-state index contributed by atoms with van der Waals surface area (Å²) in [5.41, 5.74) is 6.78. The number of hydrogen-bond acceptors (Lipinski definition) is 6. The molecule has 5 heterocycles. The maximum atomic E-state index is 13.0. The van der Waals surface area contributed by atoms with Gasteiger partial charge in [0.05, 0.1) is 23.3 Å². The first-order valence-electron chi connectivity index (χ1n) is 18.6. The van der Waals surface area contributed by atoms with Gasteiger partial charge in [-0.2, -0.15) is 0 Å². The first-order chi connectivity index (χ1) is 25.8. The second-order valence-corrected chi connectivity index (χ2v) is 14.5. The monoisotopic (exact) mass is 751 g/mol. The molecule has 10 nitrogen and oxygen atoms in total. The number of nitrogens with one attached hydrogen (secondary N) is 2. The van der Waals surface area contributed by atoms with Crippen LogP contribution in [-0.4, -0.2) is 68.1 Å². The average Bonchev–Trinajstić information content (AvgIpc) is 3.58. The van der Waals surface area contributed by atoms with Crippen molar-refractivity contribution < 1.29 is 29.5 Å². The van der Waals surface area contributed by atoms with Crippen LogP contribution in [-0.2, 0) is 19.5 Å². The molecule has 2 atom stereocenters. The molecule has 2 bridgehead atoms. The highest BCUT2D eigenvalue weighted by Crippen LogP contribution is 2.39. The van der Waals surface area contributed by atoms with E-state index in [9.17, 15) is 24.9 Å². The highest BCUT2D eigenvalue weighted by atomic mass is 19.0. The summed E-state index contributed by atoms with van der Waals surface area (Å²) in [6, 6.07) is 31.1. The van der Waals surface area contributed by atoms with Gasteiger partial charge in [0.1, 0.15) is 5.75 Å². The van der Waals surface area contributed by atoms with Crippen molar-refractivity contribution in [2.75, 3.05) is 31.1 Å². The second-order valence-electron chi connectivity index (χ2n) is 14.5. The molecule has 3 aliphatic heterocycles. The number of benzene rings is 4. The fraction of sp³-hybridized carbons (Fsp3) is 0.302. The van der Waals surface area contributed by atoms with Crippen LogP contribution in [0, 0.1) is 5.92 Å². The fourth-order valence-corrected chi connectivity index (χ4v) is 8.46.